The lowest BCUT2D eigenvalue weighted by Crippen LogP contribution is -2.31. The molecular formula is C32H41N3O5. The number of dihydropyridines is 1. The summed E-state index contributed by atoms with van der Waals surface area (Å²) in [4.78, 5) is 12.9. The van der Waals surface area contributed by atoms with Gasteiger partial charge in [0.15, 0.2) is 17.3 Å². The van der Waals surface area contributed by atoms with Crippen LogP contribution in [0, 0.1) is 18.3 Å². The molecule has 1 aliphatic heterocycles. The second-order valence-electron chi connectivity index (χ2n) is 9.69. The van der Waals surface area contributed by atoms with Crippen molar-refractivity contribution in [3.8, 4) is 17.6 Å². The average molecular weight is 548 g/mol. The summed E-state index contributed by atoms with van der Waals surface area (Å²) in [6, 6.07) is 17.6. The van der Waals surface area contributed by atoms with Crippen LogP contribution in [0.15, 0.2) is 71.1 Å². The van der Waals surface area contributed by atoms with E-state index >= 15 is 0 Å². The van der Waals surface area contributed by atoms with Crippen molar-refractivity contribution in [2.45, 2.75) is 52.6 Å². The van der Waals surface area contributed by atoms with Gasteiger partial charge in [-0.3, -0.25) is 4.79 Å². The normalized spacial score (nSPS) is 15.8. The summed E-state index contributed by atoms with van der Waals surface area (Å²) in [6.07, 6.45) is 0.657. The molecule has 0 saturated carbocycles. The van der Waals surface area contributed by atoms with E-state index in [1.165, 1.54) is 0 Å². The summed E-state index contributed by atoms with van der Waals surface area (Å²) in [7, 11) is 0. The molecule has 0 fully saturated rings. The summed E-state index contributed by atoms with van der Waals surface area (Å²) < 4.78 is 17.7. The van der Waals surface area contributed by atoms with Crippen molar-refractivity contribution >= 4 is 5.78 Å². The number of hydrogen-bond donors (Lipinski definition) is 3. The number of rotatable bonds is 16. The molecule has 1 heterocycles. The molecule has 0 spiro atoms. The van der Waals surface area contributed by atoms with Crippen LogP contribution in [0.3, 0.4) is 0 Å². The van der Waals surface area contributed by atoms with Gasteiger partial charge < -0.3 is 30.0 Å². The SMILES string of the molecule is CCNCC(O)COc1ccccc1OCCCOCC1=C(C(C)=O)C(c2ccccc2C)C(C#N)=C(CC)N1. The summed E-state index contributed by atoms with van der Waals surface area (Å²) in [5.41, 5.74) is 4.65. The number of carbonyl (C=O) groups excluding carboxylic acids is 1. The van der Waals surface area contributed by atoms with Gasteiger partial charge in [-0.05, 0) is 50.1 Å². The average Bonchev–Trinajstić information content (AvgIpc) is 2.96. The molecule has 2 aromatic rings. The predicted molar refractivity (Wildman–Crippen MR) is 155 cm³/mol. The first-order chi connectivity index (χ1) is 19.4. The predicted octanol–water partition coefficient (Wildman–Crippen LogP) is 4.55. The molecule has 0 aromatic heterocycles. The Balaban J connectivity index is 1.61. The van der Waals surface area contributed by atoms with Crippen molar-refractivity contribution in [1.82, 2.24) is 10.6 Å². The van der Waals surface area contributed by atoms with Gasteiger partial charge in [-0.1, -0.05) is 50.2 Å². The molecule has 0 radical (unpaired) electrons. The van der Waals surface area contributed by atoms with Crippen molar-refractivity contribution in [2.24, 2.45) is 0 Å². The number of para-hydroxylation sites is 2. The van der Waals surface area contributed by atoms with Crippen LogP contribution in [0.5, 0.6) is 11.5 Å². The zero-order valence-electron chi connectivity index (χ0n) is 24.0. The molecule has 2 unspecified atom stereocenters. The third-order valence-electron chi connectivity index (χ3n) is 6.73. The van der Waals surface area contributed by atoms with Gasteiger partial charge in [-0.15, -0.1) is 0 Å². The highest BCUT2D eigenvalue weighted by atomic mass is 16.5. The van der Waals surface area contributed by atoms with Gasteiger partial charge in [-0.2, -0.15) is 5.26 Å². The minimum Gasteiger partial charge on any atom is -0.490 e. The van der Waals surface area contributed by atoms with Gasteiger partial charge in [-0.25, -0.2) is 0 Å². The van der Waals surface area contributed by atoms with Crippen molar-refractivity contribution < 1.29 is 24.1 Å². The Labute approximate surface area is 237 Å². The first-order valence-corrected chi connectivity index (χ1v) is 13.9. The molecule has 0 bridgehead atoms. The standard InChI is InChI=1S/C32H41N3O5/c1-5-27-26(18-33)32(25-13-8-7-12-22(25)3)31(23(4)36)28(35-27)21-38-16-11-17-39-29-14-9-10-15-30(29)40-20-24(37)19-34-6-2/h7-10,12-15,24,32,34-35,37H,5-6,11,16-17,19-21H2,1-4H3. The lowest BCUT2D eigenvalue weighted by atomic mass is 9.77. The second-order valence-corrected chi connectivity index (χ2v) is 9.69. The van der Waals surface area contributed by atoms with E-state index in [0.29, 0.717) is 60.9 Å². The van der Waals surface area contributed by atoms with Crippen molar-refractivity contribution in [3.05, 3.63) is 82.2 Å². The number of nitriles is 1. The molecule has 0 saturated heterocycles. The molecule has 0 amide bonds. The highest BCUT2D eigenvalue weighted by Crippen LogP contribution is 2.40. The summed E-state index contributed by atoms with van der Waals surface area (Å²) in [6.45, 7) is 10.0. The number of allylic oxidation sites excluding steroid dienone is 3. The molecular weight excluding hydrogens is 506 g/mol. The van der Waals surface area contributed by atoms with Gasteiger partial charge in [0.25, 0.3) is 0 Å². The highest BCUT2D eigenvalue weighted by molar-refractivity contribution is 5.97. The maximum absolute atomic E-state index is 12.9. The van der Waals surface area contributed by atoms with Crippen molar-refractivity contribution in [1.29, 1.82) is 5.26 Å². The Kier molecular flexibility index (Phi) is 12.2. The fourth-order valence-corrected chi connectivity index (χ4v) is 4.73. The molecule has 0 aliphatic carbocycles. The number of Topliss-reactive ketones (excluding diaryl/α,β-unsaturated/α-hetero) is 1. The van der Waals surface area contributed by atoms with E-state index in [4.69, 9.17) is 14.2 Å². The summed E-state index contributed by atoms with van der Waals surface area (Å²) in [5, 5.41) is 26.5. The fourth-order valence-electron chi connectivity index (χ4n) is 4.73. The number of nitrogens with zero attached hydrogens (tertiary/aromatic N) is 1. The second kappa shape index (κ2) is 15.8. The van der Waals surface area contributed by atoms with Crippen molar-refractivity contribution in [3.63, 3.8) is 0 Å². The van der Waals surface area contributed by atoms with Crippen LogP contribution >= 0.6 is 0 Å². The van der Waals surface area contributed by atoms with E-state index in [0.717, 1.165) is 23.4 Å². The number of aryl methyl sites for hydroxylation is 1. The van der Waals surface area contributed by atoms with Gasteiger partial charge in [0.05, 0.1) is 37.4 Å². The lowest BCUT2D eigenvalue weighted by Gasteiger charge is -2.31. The zero-order valence-corrected chi connectivity index (χ0v) is 24.0. The number of ether oxygens (including phenoxy) is 3. The molecule has 40 heavy (non-hydrogen) atoms. The van der Waals surface area contributed by atoms with Crippen LogP contribution in [0.25, 0.3) is 0 Å². The van der Waals surface area contributed by atoms with E-state index in [2.05, 4.69) is 16.7 Å². The Hall–Kier alpha value is -3.64. The maximum atomic E-state index is 12.9. The van der Waals surface area contributed by atoms with Crippen LogP contribution in [0.1, 0.15) is 50.7 Å². The first-order valence-electron chi connectivity index (χ1n) is 13.9. The number of nitrogens with one attached hydrogen (secondary N) is 2. The molecule has 3 rings (SSSR count). The van der Waals surface area contributed by atoms with E-state index in [1.54, 1.807) is 6.92 Å². The Bertz CT molecular complexity index is 1250. The minimum atomic E-state index is -0.610. The van der Waals surface area contributed by atoms with Gasteiger partial charge in [0, 0.05) is 29.9 Å². The van der Waals surface area contributed by atoms with Crippen LogP contribution in [0.2, 0.25) is 0 Å². The number of benzene rings is 2. The van der Waals surface area contributed by atoms with E-state index < -0.39 is 12.0 Å². The molecule has 214 valence electrons. The summed E-state index contributed by atoms with van der Waals surface area (Å²) >= 11 is 0. The third kappa shape index (κ3) is 8.18. The van der Waals surface area contributed by atoms with Gasteiger partial charge >= 0.3 is 0 Å². The number of aliphatic hydroxyl groups excluding tert-OH is 1. The van der Waals surface area contributed by atoms with Gasteiger partial charge in [0.2, 0.25) is 0 Å². The molecule has 2 atom stereocenters. The third-order valence-corrected chi connectivity index (χ3v) is 6.73. The highest BCUT2D eigenvalue weighted by Gasteiger charge is 2.34. The van der Waals surface area contributed by atoms with E-state index in [-0.39, 0.29) is 19.0 Å². The lowest BCUT2D eigenvalue weighted by molar-refractivity contribution is -0.114. The van der Waals surface area contributed by atoms with Crippen LogP contribution in [-0.2, 0) is 9.53 Å². The number of likely N-dealkylation sites (N-methyl/N-ethyl adjacent to an activating group) is 1. The summed E-state index contributed by atoms with van der Waals surface area (Å²) in [5.74, 6) is 0.681. The van der Waals surface area contributed by atoms with E-state index in [9.17, 15) is 15.2 Å². The van der Waals surface area contributed by atoms with Crippen LogP contribution < -0.4 is 20.1 Å². The molecule has 2 aromatic carbocycles. The van der Waals surface area contributed by atoms with Gasteiger partial charge in [0.1, 0.15) is 12.7 Å². The number of ketones is 1. The maximum Gasteiger partial charge on any atom is 0.161 e. The Morgan fingerprint density at radius 1 is 1.07 bits per heavy atom. The smallest absolute Gasteiger partial charge is 0.161 e. The first kappa shape index (κ1) is 30.9. The quantitative estimate of drug-likeness (QED) is 0.263. The monoisotopic (exact) mass is 547 g/mol. The Morgan fingerprint density at radius 2 is 1.77 bits per heavy atom. The fraction of sp³-hybridized carbons (Fsp3) is 0.438. The number of aliphatic hydroxyl groups is 1. The van der Waals surface area contributed by atoms with Crippen LogP contribution in [-0.4, -0.2) is 56.5 Å². The van der Waals surface area contributed by atoms with E-state index in [1.807, 2.05) is 69.3 Å². The van der Waals surface area contributed by atoms with Crippen molar-refractivity contribution in [2.75, 3.05) is 39.5 Å². The zero-order chi connectivity index (χ0) is 28.9. The number of carbonyl (C=O) groups is 1. The Morgan fingerprint density at radius 3 is 2.42 bits per heavy atom. The molecule has 1 aliphatic rings. The minimum absolute atomic E-state index is 0.0854. The molecule has 8 nitrogen and oxygen atoms in total. The number of hydrogen-bond acceptors (Lipinski definition) is 8. The topological polar surface area (TPSA) is 113 Å². The van der Waals surface area contributed by atoms with Crippen LogP contribution in [0.4, 0.5) is 0 Å². The molecule has 3 N–H and O–H groups in total. The largest absolute Gasteiger partial charge is 0.490 e. The molecule has 8 heteroatoms.